The topological polar surface area (TPSA) is 52.3 Å². The van der Waals surface area contributed by atoms with Crippen LogP contribution in [-0.4, -0.2) is 13.1 Å². The fourth-order valence-corrected chi connectivity index (χ4v) is 0.712. The lowest BCUT2D eigenvalue weighted by Gasteiger charge is -1.97. The first-order valence-electron chi connectivity index (χ1n) is 3.09. The smallest absolute Gasteiger partial charge is 0.338 e. The second-order valence-electron chi connectivity index (χ2n) is 2.03. The van der Waals surface area contributed by atoms with Crippen LogP contribution in [0.1, 0.15) is 10.4 Å². The van der Waals surface area contributed by atoms with Crippen molar-refractivity contribution in [3.05, 3.63) is 29.8 Å². The molecule has 0 amide bonds. The molecule has 0 aliphatic rings. The zero-order valence-electron chi connectivity index (χ0n) is 6.13. The number of esters is 1. The standard InChI is InChI=1S/C8H8NO2/c1-11-8(10)6-3-2-4-7(9)5-6/h2,4-5H,9H2,1H3. The van der Waals surface area contributed by atoms with Gasteiger partial charge in [0.25, 0.3) is 0 Å². The van der Waals surface area contributed by atoms with Gasteiger partial charge in [0.15, 0.2) is 0 Å². The fourth-order valence-electron chi connectivity index (χ4n) is 0.712. The minimum Gasteiger partial charge on any atom is -0.465 e. The monoisotopic (exact) mass is 150 g/mol. The number of nitrogens with two attached hydrogens (primary N) is 1. The second-order valence-corrected chi connectivity index (χ2v) is 2.03. The van der Waals surface area contributed by atoms with Crippen LogP contribution in [0.25, 0.3) is 0 Å². The van der Waals surface area contributed by atoms with Gasteiger partial charge in [0, 0.05) is 5.69 Å². The van der Waals surface area contributed by atoms with Gasteiger partial charge in [0.2, 0.25) is 0 Å². The number of rotatable bonds is 1. The molecule has 0 atom stereocenters. The number of benzene rings is 1. The molecule has 0 aliphatic carbocycles. The van der Waals surface area contributed by atoms with E-state index in [0.29, 0.717) is 11.3 Å². The summed E-state index contributed by atoms with van der Waals surface area (Å²) in [6.07, 6.45) is 0. The van der Waals surface area contributed by atoms with Crippen LogP contribution in [-0.2, 0) is 4.74 Å². The molecule has 0 saturated heterocycles. The molecule has 0 heterocycles. The largest absolute Gasteiger partial charge is 0.465 e. The van der Waals surface area contributed by atoms with Crippen LogP contribution in [0.2, 0.25) is 0 Å². The van der Waals surface area contributed by atoms with E-state index in [4.69, 9.17) is 5.73 Å². The van der Waals surface area contributed by atoms with Gasteiger partial charge in [-0.25, -0.2) is 4.79 Å². The second kappa shape index (κ2) is 3.05. The highest BCUT2D eigenvalue weighted by molar-refractivity contribution is 5.89. The van der Waals surface area contributed by atoms with Gasteiger partial charge < -0.3 is 10.5 Å². The molecule has 0 spiro atoms. The van der Waals surface area contributed by atoms with Crippen LogP contribution in [0, 0.1) is 6.07 Å². The minimum absolute atomic E-state index is 0.354. The molecule has 11 heavy (non-hydrogen) atoms. The average Bonchev–Trinajstić information content (AvgIpc) is 2.03. The van der Waals surface area contributed by atoms with E-state index in [2.05, 4.69) is 10.8 Å². The lowest BCUT2D eigenvalue weighted by molar-refractivity contribution is 0.0600. The Bertz CT molecular complexity index is 271. The summed E-state index contributed by atoms with van der Waals surface area (Å²) in [5.41, 5.74) is 6.31. The van der Waals surface area contributed by atoms with Crippen molar-refractivity contribution in [3.63, 3.8) is 0 Å². The van der Waals surface area contributed by atoms with Crippen LogP contribution in [0.3, 0.4) is 0 Å². The Labute approximate surface area is 64.8 Å². The number of carbonyl (C=O) groups excluding carboxylic acids is 1. The van der Waals surface area contributed by atoms with Gasteiger partial charge in [-0.05, 0) is 18.2 Å². The van der Waals surface area contributed by atoms with Gasteiger partial charge in [0.1, 0.15) is 0 Å². The molecular weight excluding hydrogens is 142 g/mol. The maximum absolute atomic E-state index is 10.9. The number of methoxy groups -OCH3 is 1. The third-order valence-electron chi connectivity index (χ3n) is 1.23. The molecular formula is C8H8NO2. The molecule has 1 rings (SSSR count). The third kappa shape index (κ3) is 1.70. The molecule has 0 aliphatic heterocycles. The Kier molecular flexibility index (Phi) is 2.11. The van der Waals surface area contributed by atoms with Crippen LogP contribution in [0.15, 0.2) is 18.2 Å². The van der Waals surface area contributed by atoms with Crippen molar-refractivity contribution in [2.45, 2.75) is 0 Å². The maximum atomic E-state index is 10.9. The van der Waals surface area contributed by atoms with Crippen molar-refractivity contribution in [1.29, 1.82) is 0 Å². The maximum Gasteiger partial charge on any atom is 0.338 e. The van der Waals surface area contributed by atoms with E-state index >= 15 is 0 Å². The lowest BCUT2D eigenvalue weighted by atomic mass is 10.2. The van der Waals surface area contributed by atoms with Gasteiger partial charge in [-0.3, -0.25) is 0 Å². The van der Waals surface area contributed by atoms with Crippen molar-refractivity contribution in [1.82, 2.24) is 0 Å². The van der Waals surface area contributed by atoms with Gasteiger partial charge in [-0.2, -0.15) is 0 Å². The van der Waals surface area contributed by atoms with Gasteiger partial charge in [-0.1, -0.05) is 6.07 Å². The molecule has 1 radical (unpaired) electrons. The number of nitrogen functional groups attached to an aromatic ring is 1. The molecule has 1 aromatic rings. The van der Waals surface area contributed by atoms with Gasteiger partial charge in [-0.15, -0.1) is 0 Å². The Morgan fingerprint density at radius 3 is 3.00 bits per heavy atom. The van der Waals surface area contributed by atoms with Crippen molar-refractivity contribution in [3.8, 4) is 0 Å². The zero-order valence-corrected chi connectivity index (χ0v) is 6.13. The van der Waals surface area contributed by atoms with Crippen molar-refractivity contribution in [2.75, 3.05) is 12.8 Å². The van der Waals surface area contributed by atoms with E-state index in [1.807, 2.05) is 0 Å². The van der Waals surface area contributed by atoms with E-state index in [-0.39, 0.29) is 0 Å². The molecule has 0 aromatic heterocycles. The Hall–Kier alpha value is -1.51. The molecule has 0 bridgehead atoms. The summed E-state index contributed by atoms with van der Waals surface area (Å²) in [4.78, 5) is 10.9. The van der Waals surface area contributed by atoms with Crippen LogP contribution in [0.4, 0.5) is 5.69 Å². The highest BCUT2D eigenvalue weighted by Crippen LogP contribution is 2.06. The molecule has 0 fully saturated rings. The number of anilines is 1. The first-order chi connectivity index (χ1) is 5.24. The number of hydrogen-bond donors (Lipinski definition) is 1. The minimum atomic E-state index is -0.419. The first-order valence-corrected chi connectivity index (χ1v) is 3.09. The van der Waals surface area contributed by atoms with E-state index in [9.17, 15) is 4.79 Å². The summed E-state index contributed by atoms with van der Waals surface area (Å²) < 4.78 is 4.47. The normalized spacial score (nSPS) is 9.18. The van der Waals surface area contributed by atoms with Crippen molar-refractivity contribution < 1.29 is 9.53 Å². The van der Waals surface area contributed by atoms with E-state index in [1.54, 1.807) is 12.1 Å². The SMILES string of the molecule is COC(=O)c1[c]ccc(N)c1. The average molecular weight is 150 g/mol. The third-order valence-corrected chi connectivity index (χ3v) is 1.23. The number of ether oxygens (including phenoxy) is 1. The molecule has 0 saturated carbocycles. The summed E-state index contributed by atoms with van der Waals surface area (Å²) in [6, 6.07) is 7.47. The Morgan fingerprint density at radius 1 is 1.73 bits per heavy atom. The zero-order chi connectivity index (χ0) is 8.27. The van der Waals surface area contributed by atoms with Crippen LogP contribution in [0.5, 0.6) is 0 Å². The molecule has 1 aromatic carbocycles. The summed E-state index contributed by atoms with van der Waals surface area (Å²) in [5.74, 6) is -0.419. The lowest BCUT2D eigenvalue weighted by Crippen LogP contribution is -2.01. The molecule has 3 nitrogen and oxygen atoms in total. The highest BCUT2D eigenvalue weighted by Gasteiger charge is 2.03. The highest BCUT2D eigenvalue weighted by atomic mass is 16.5. The quantitative estimate of drug-likeness (QED) is 0.477. The first kappa shape index (κ1) is 7.60. The van der Waals surface area contributed by atoms with Crippen LogP contribution < -0.4 is 5.73 Å². The van der Waals surface area contributed by atoms with E-state index in [1.165, 1.54) is 13.2 Å². The number of carbonyl (C=O) groups is 1. The summed E-state index contributed by atoms with van der Waals surface area (Å²) in [7, 11) is 1.32. The summed E-state index contributed by atoms with van der Waals surface area (Å²) >= 11 is 0. The molecule has 3 heteroatoms. The van der Waals surface area contributed by atoms with Crippen molar-refractivity contribution in [2.24, 2.45) is 0 Å². The predicted molar refractivity (Wildman–Crippen MR) is 41.0 cm³/mol. The molecule has 2 N–H and O–H groups in total. The van der Waals surface area contributed by atoms with Crippen molar-refractivity contribution >= 4 is 11.7 Å². The Morgan fingerprint density at radius 2 is 2.45 bits per heavy atom. The predicted octanol–water partition coefficient (Wildman–Crippen LogP) is 0.856. The van der Waals surface area contributed by atoms with Gasteiger partial charge in [0.05, 0.1) is 12.7 Å². The molecule has 0 unspecified atom stereocenters. The van der Waals surface area contributed by atoms with E-state index in [0.717, 1.165) is 0 Å². The summed E-state index contributed by atoms with van der Waals surface area (Å²) in [5, 5.41) is 0. The number of hydrogen-bond acceptors (Lipinski definition) is 3. The summed E-state index contributed by atoms with van der Waals surface area (Å²) in [6.45, 7) is 0. The van der Waals surface area contributed by atoms with Crippen LogP contribution >= 0.6 is 0 Å². The van der Waals surface area contributed by atoms with Gasteiger partial charge >= 0.3 is 5.97 Å². The molecule has 57 valence electrons. The fraction of sp³-hybridized carbons (Fsp3) is 0.125. The van der Waals surface area contributed by atoms with E-state index < -0.39 is 5.97 Å². The Balaban J connectivity index is 2.96.